The standard InChI is InChI=1S/C15H14FN3O/c16-13-5-3-11(4-6-13)14-17-9-12(10-18-14)15(20)19-7-1-2-8-19/h3-6,9-10H,1-2,7-8H2. The summed E-state index contributed by atoms with van der Waals surface area (Å²) in [6.07, 6.45) is 5.18. The molecule has 20 heavy (non-hydrogen) atoms. The summed E-state index contributed by atoms with van der Waals surface area (Å²) in [7, 11) is 0. The van der Waals surface area contributed by atoms with E-state index in [1.54, 1.807) is 12.1 Å². The summed E-state index contributed by atoms with van der Waals surface area (Å²) in [6.45, 7) is 1.61. The first kappa shape index (κ1) is 12.7. The van der Waals surface area contributed by atoms with Crippen LogP contribution in [0.1, 0.15) is 23.2 Å². The molecule has 2 aromatic rings. The number of hydrogen-bond acceptors (Lipinski definition) is 3. The van der Waals surface area contributed by atoms with Crippen molar-refractivity contribution in [3.8, 4) is 11.4 Å². The molecule has 5 heteroatoms. The quantitative estimate of drug-likeness (QED) is 0.843. The maximum Gasteiger partial charge on any atom is 0.256 e. The van der Waals surface area contributed by atoms with Gasteiger partial charge in [-0.2, -0.15) is 0 Å². The molecule has 1 saturated heterocycles. The lowest BCUT2D eigenvalue weighted by Gasteiger charge is -2.14. The van der Waals surface area contributed by atoms with Gasteiger partial charge in [0, 0.05) is 31.0 Å². The third-order valence-electron chi connectivity index (χ3n) is 3.39. The molecule has 0 spiro atoms. The highest BCUT2D eigenvalue weighted by Crippen LogP contribution is 2.16. The first-order chi connectivity index (χ1) is 9.74. The number of benzene rings is 1. The van der Waals surface area contributed by atoms with E-state index in [1.165, 1.54) is 24.5 Å². The normalized spacial score (nSPS) is 14.6. The number of likely N-dealkylation sites (tertiary alicyclic amines) is 1. The number of nitrogens with zero attached hydrogens (tertiary/aromatic N) is 3. The van der Waals surface area contributed by atoms with Gasteiger partial charge in [-0.05, 0) is 37.1 Å². The summed E-state index contributed by atoms with van der Waals surface area (Å²) in [5.41, 5.74) is 1.23. The predicted octanol–water partition coefficient (Wildman–Crippen LogP) is 2.52. The molecule has 1 aromatic heterocycles. The van der Waals surface area contributed by atoms with Gasteiger partial charge in [0.25, 0.3) is 5.91 Å². The molecule has 0 atom stereocenters. The predicted molar refractivity (Wildman–Crippen MR) is 72.6 cm³/mol. The van der Waals surface area contributed by atoms with Crippen LogP contribution in [-0.2, 0) is 0 Å². The number of hydrogen-bond donors (Lipinski definition) is 0. The van der Waals surface area contributed by atoms with E-state index < -0.39 is 0 Å². The van der Waals surface area contributed by atoms with E-state index in [-0.39, 0.29) is 11.7 Å². The van der Waals surface area contributed by atoms with Gasteiger partial charge in [-0.25, -0.2) is 14.4 Å². The van der Waals surface area contributed by atoms with Crippen molar-refractivity contribution in [1.29, 1.82) is 0 Å². The number of carbonyl (C=O) groups excluding carboxylic acids is 1. The third kappa shape index (κ3) is 2.52. The molecular weight excluding hydrogens is 257 g/mol. The molecule has 1 amide bonds. The second kappa shape index (κ2) is 5.36. The van der Waals surface area contributed by atoms with Gasteiger partial charge < -0.3 is 4.90 Å². The Bertz CT molecular complexity index is 604. The van der Waals surface area contributed by atoms with E-state index in [2.05, 4.69) is 9.97 Å². The van der Waals surface area contributed by atoms with Crippen LogP contribution in [0.5, 0.6) is 0 Å². The van der Waals surface area contributed by atoms with Crippen LogP contribution in [-0.4, -0.2) is 33.9 Å². The van der Waals surface area contributed by atoms with Crippen LogP contribution in [0, 0.1) is 5.82 Å². The van der Waals surface area contributed by atoms with Crippen LogP contribution < -0.4 is 0 Å². The monoisotopic (exact) mass is 271 g/mol. The molecule has 1 fully saturated rings. The first-order valence-corrected chi connectivity index (χ1v) is 6.61. The Kier molecular flexibility index (Phi) is 3.41. The minimum Gasteiger partial charge on any atom is -0.339 e. The topological polar surface area (TPSA) is 46.1 Å². The van der Waals surface area contributed by atoms with Crippen LogP contribution in [0.2, 0.25) is 0 Å². The van der Waals surface area contributed by atoms with E-state index in [9.17, 15) is 9.18 Å². The molecule has 0 N–H and O–H groups in total. The van der Waals surface area contributed by atoms with Crippen molar-refractivity contribution in [3.05, 3.63) is 48.0 Å². The fraction of sp³-hybridized carbons (Fsp3) is 0.267. The average Bonchev–Trinajstić information content (AvgIpc) is 3.02. The zero-order chi connectivity index (χ0) is 13.9. The van der Waals surface area contributed by atoms with Gasteiger partial charge in [0.05, 0.1) is 5.56 Å². The molecule has 0 radical (unpaired) electrons. The number of carbonyl (C=O) groups is 1. The Morgan fingerprint density at radius 3 is 2.25 bits per heavy atom. The number of amides is 1. The summed E-state index contributed by atoms with van der Waals surface area (Å²) in [5.74, 6) is 0.172. The van der Waals surface area contributed by atoms with Gasteiger partial charge in [0.2, 0.25) is 0 Å². The second-order valence-electron chi connectivity index (χ2n) is 4.80. The molecule has 102 valence electrons. The first-order valence-electron chi connectivity index (χ1n) is 6.61. The number of halogens is 1. The van der Waals surface area contributed by atoms with Gasteiger partial charge in [-0.15, -0.1) is 0 Å². The van der Waals surface area contributed by atoms with E-state index in [0.717, 1.165) is 31.5 Å². The zero-order valence-corrected chi connectivity index (χ0v) is 10.9. The summed E-state index contributed by atoms with van der Waals surface area (Å²) >= 11 is 0. The smallest absolute Gasteiger partial charge is 0.256 e. The SMILES string of the molecule is O=C(c1cnc(-c2ccc(F)cc2)nc1)N1CCCC1. The molecule has 2 heterocycles. The van der Waals surface area contributed by atoms with Crippen molar-refractivity contribution in [2.24, 2.45) is 0 Å². The summed E-state index contributed by atoms with van der Waals surface area (Å²) < 4.78 is 12.9. The molecule has 1 aliphatic heterocycles. The largest absolute Gasteiger partial charge is 0.339 e. The van der Waals surface area contributed by atoms with Gasteiger partial charge in [-0.1, -0.05) is 0 Å². The summed E-state index contributed by atoms with van der Waals surface area (Å²) in [4.78, 5) is 22.3. The van der Waals surface area contributed by atoms with Crippen molar-refractivity contribution in [1.82, 2.24) is 14.9 Å². The Labute approximate surface area is 116 Å². The molecule has 0 unspecified atom stereocenters. The Hall–Kier alpha value is -2.30. The Morgan fingerprint density at radius 1 is 1.05 bits per heavy atom. The fourth-order valence-electron chi connectivity index (χ4n) is 2.29. The summed E-state index contributed by atoms with van der Waals surface area (Å²) in [5, 5.41) is 0. The van der Waals surface area contributed by atoms with E-state index in [1.807, 2.05) is 4.90 Å². The summed E-state index contributed by atoms with van der Waals surface area (Å²) in [6, 6.07) is 5.96. The van der Waals surface area contributed by atoms with Gasteiger partial charge in [-0.3, -0.25) is 4.79 Å². The third-order valence-corrected chi connectivity index (χ3v) is 3.39. The highest BCUT2D eigenvalue weighted by Gasteiger charge is 2.20. The molecule has 3 rings (SSSR count). The molecular formula is C15H14FN3O. The van der Waals surface area contributed by atoms with Crippen molar-refractivity contribution in [3.63, 3.8) is 0 Å². The highest BCUT2D eigenvalue weighted by molar-refractivity contribution is 5.93. The fourth-order valence-corrected chi connectivity index (χ4v) is 2.29. The Balaban J connectivity index is 1.80. The molecule has 0 aliphatic carbocycles. The van der Waals surface area contributed by atoms with Crippen LogP contribution in [0.4, 0.5) is 4.39 Å². The molecule has 0 saturated carbocycles. The highest BCUT2D eigenvalue weighted by atomic mass is 19.1. The lowest BCUT2D eigenvalue weighted by molar-refractivity contribution is 0.0792. The van der Waals surface area contributed by atoms with Crippen molar-refractivity contribution in [2.45, 2.75) is 12.8 Å². The number of aromatic nitrogens is 2. The average molecular weight is 271 g/mol. The Morgan fingerprint density at radius 2 is 1.65 bits per heavy atom. The molecule has 1 aromatic carbocycles. The van der Waals surface area contributed by atoms with Gasteiger partial charge in [0.15, 0.2) is 5.82 Å². The number of rotatable bonds is 2. The van der Waals surface area contributed by atoms with Gasteiger partial charge in [0.1, 0.15) is 5.82 Å². The van der Waals surface area contributed by atoms with E-state index >= 15 is 0 Å². The van der Waals surface area contributed by atoms with Crippen LogP contribution in [0.3, 0.4) is 0 Å². The van der Waals surface area contributed by atoms with Gasteiger partial charge >= 0.3 is 0 Å². The van der Waals surface area contributed by atoms with E-state index in [0.29, 0.717) is 11.4 Å². The lowest BCUT2D eigenvalue weighted by Crippen LogP contribution is -2.27. The van der Waals surface area contributed by atoms with Crippen molar-refractivity contribution < 1.29 is 9.18 Å². The van der Waals surface area contributed by atoms with Crippen molar-refractivity contribution in [2.75, 3.05) is 13.1 Å². The minimum atomic E-state index is -0.297. The van der Waals surface area contributed by atoms with Crippen LogP contribution in [0.25, 0.3) is 11.4 Å². The zero-order valence-electron chi connectivity index (χ0n) is 10.9. The van der Waals surface area contributed by atoms with Crippen molar-refractivity contribution >= 4 is 5.91 Å². The minimum absolute atomic E-state index is 0.0202. The lowest BCUT2D eigenvalue weighted by atomic mass is 10.2. The van der Waals surface area contributed by atoms with Crippen LogP contribution >= 0.6 is 0 Å². The molecule has 0 bridgehead atoms. The second-order valence-corrected chi connectivity index (χ2v) is 4.80. The van der Waals surface area contributed by atoms with E-state index in [4.69, 9.17) is 0 Å². The van der Waals surface area contributed by atoms with Crippen LogP contribution in [0.15, 0.2) is 36.7 Å². The maximum absolute atomic E-state index is 12.9. The molecule has 1 aliphatic rings. The molecule has 4 nitrogen and oxygen atoms in total. The maximum atomic E-state index is 12.9.